The summed E-state index contributed by atoms with van der Waals surface area (Å²) in [5, 5.41) is 0. The fourth-order valence-corrected chi connectivity index (χ4v) is 3.10. The fourth-order valence-electron chi connectivity index (χ4n) is 1.73. The normalized spacial score (nSPS) is 10.5. The molecule has 0 fully saturated rings. The molecule has 0 saturated heterocycles. The largest absolute Gasteiger partial charge is 0.293 e. The van der Waals surface area contributed by atoms with E-state index in [4.69, 9.17) is 0 Å². The van der Waals surface area contributed by atoms with E-state index in [0.717, 1.165) is 9.13 Å². The summed E-state index contributed by atoms with van der Waals surface area (Å²) in [6.45, 7) is 4.15. The highest BCUT2D eigenvalue weighted by Crippen LogP contribution is 2.24. The maximum atomic E-state index is 12.1. The first kappa shape index (κ1) is 14.6. The van der Waals surface area contributed by atoms with Gasteiger partial charge in [0.15, 0.2) is 5.78 Å². The molecule has 0 spiro atoms. The van der Waals surface area contributed by atoms with Gasteiger partial charge in [-0.15, -0.1) is 11.8 Å². The first-order chi connectivity index (χ1) is 9.06. The van der Waals surface area contributed by atoms with E-state index in [9.17, 15) is 4.79 Å². The lowest BCUT2D eigenvalue weighted by Gasteiger charge is -2.06. The molecule has 0 aliphatic rings. The molecule has 0 aromatic heterocycles. The monoisotopic (exact) mass is 382 g/mol. The van der Waals surface area contributed by atoms with Crippen LogP contribution in [0, 0.1) is 17.4 Å². The smallest absolute Gasteiger partial charge is 0.173 e. The van der Waals surface area contributed by atoms with Crippen LogP contribution in [0.5, 0.6) is 0 Å². The highest BCUT2D eigenvalue weighted by Gasteiger charge is 2.08. The predicted molar refractivity (Wildman–Crippen MR) is 90.1 cm³/mol. The van der Waals surface area contributed by atoms with Crippen LogP contribution in [0.2, 0.25) is 0 Å². The molecule has 0 aliphatic heterocycles. The lowest BCUT2D eigenvalue weighted by Crippen LogP contribution is -2.02. The quantitative estimate of drug-likeness (QED) is 0.426. The second-order valence-electron chi connectivity index (χ2n) is 4.49. The molecule has 0 aliphatic carbocycles. The van der Waals surface area contributed by atoms with Gasteiger partial charge < -0.3 is 0 Å². The Balaban J connectivity index is 2.04. The van der Waals surface area contributed by atoms with E-state index >= 15 is 0 Å². The van der Waals surface area contributed by atoms with Crippen molar-refractivity contribution in [2.24, 2.45) is 0 Å². The van der Waals surface area contributed by atoms with Crippen molar-refractivity contribution in [1.29, 1.82) is 0 Å². The van der Waals surface area contributed by atoms with Crippen molar-refractivity contribution >= 4 is 40.1 Å². The van der Waals surface area contributed by atoms with Crippen LogP contribution < -0.4 is 0 Å². The van der Waals surface area contributed by atoms with E-state index in [2.05, 4.69) is 54.6 Å². The lowest BCUT2D eigenvalue weighted by atomic mass is 10.1. The van der Waals surface area contributed by atoms with Gasteiger partial charge in [-0.05, 0) is 60.2 Å². The van der Waals surface area contributed by atoms with Gasteiger partial charge in [0.05, 0.1) is 5.75 Å². The maximum Gasteiger partial charge on any atom is 0.173 e. The summed E-state index contributed by atoms with van der Waals surface area (Å²) < 4.78 is 1.15. The summed E-state index contributed by atoms with van der Waals surface area (Å²) in [5.74, 6) is 0.674. The fraction of sp³-hybridized carbons (Fsp3) is 0.188. The molecule has 2 aromatic carbocycles. The number of halogens is 1. The molecule has 0 bridgehead atoms. The third-order valence-corrected chi connectivity index (χ3v) is 4.75. The number of benzene rings is 2. The summed E-state index contributed by atoms with van der Waals surface area (Å²) in [6.07, 6.45) is 0. The molecule has 98 valence electrons. The van der Waals surface area contributed by atoms with Gasteiger partial charge >= 0.3 is 0 Å². The Hall–Kier alpha value is -0.810. The molecule has 1 nitrogen and oxygen atoms in total. The van der Waals surface area contributed by atoms with Crippen molar-refractivity contribution in [1.82, 2.24) is 0 Å². The van der Waals surface area contributed by atoms with Crippen LogP contribution in [0.4, 0.5) is 0 Å². The number of Topliss-reactive ketones (excluding diaryl/α,β-unsaturated/α-hetero) is 1. The van der Waals surface area contributed by atoms with Crippen molar-refractivity contribution in [2.75, 3.05) is 5.75 Å². The van der Waals surface area contributed by atoms with E-state index < -0.39 is 0 Å². The van der Waals surface area contributed by atoms with E-state index in [-0.39, 0.29) is 5.78 Å². The summed E-state index contributed by atoms with van der Waals surface area (Å²) in [7, 11) is 0. The summed E-state index contributed by atoms with van der Waals surface area (Å²) in [5.41, 5.74) is 3.25. The maximum absolute atomic E-state index is 12.1. The van der Waals surface area contributed by atoms with Crippen molar-refractivity contribution in [3.8, 4) is 0 Å². The summed E-state index contributed by atoms with van der Waals surface area (Å²) >= 11 is 3.86. The highest BCUT2D eigenvalue weighted by molar-refractivity contribution is 14.1. The average Bonchev–Trinajstić information content (AvgIpc) is 2.40. The predicted octanol–water partition coefficient (Wildman–Crippen LogP) is 4.88. The van der Waals surface area contributed by atoms with E-state index in [1.807, 2.05) is 24.3 Å². The minimum absolute atomic E-state index is 0.183. The average molecular weight is 382 g/mol. The third kappa shape index (κ3) is 4.08. The number of hydrogen-bond acceptors (Lipinski definition) is 2. The zero-order valence-electron chi connectivity index (χ0n) is 10.9. The Kier molecular flexibility index (Phi) is 5.05. The minimum Gasteiger partial charge on any atom is -0.293 e. The SMILES string of the molecule is Cc1ccc(C)c(SCC(=O)c2ccc(I)cc2)c1. The minimum atomic E-state index is 0.183. The standard InChI is InChI=1S/C16H15IOS/c1-11-3-4-12(2)16(9-11)19-10-15(18)13-5-7-14(17)8-6-13/h3-9H,10H2,1-2H3. The molecule has 0 atom stereocenters. The molecule has 0 amide bonds. The van der Waals surface area contributed by atoms with Crippen LogP contribution in [0.3, 0.4) is 0 Å². The van der Waals surface area contributed by atoms with Gasteiger partial charge in [0.2, 0.25) is 0 Å². The molecule has 0 saturated carbocycles. The van der Waals surface area contributed by atoms with Crippen molar-refractivity contribution < 1.29 is 4.79 Å². The van der Waals surface area contributed by atoms with Crippen LogP contribution in [0.1, 0.15) is 21.5 Å². The number of carbonyl (C=O) groups excluding carboxylic acids is 1. The van der Waals surface area contributed by atoms with Crippen LogP contribution in [-0.2, 0) is 0 Å². The number of rotatable bonds is 4. The highest BCUT2D eigenvalue weighted by atomic mass is 127. The van der Waals surface area contributed by atoms with E-state index in [1.54, 1.807) is 11.8 Å². The van der Waals surface area contributed by atoms with E-state index in [1.165, 1.54) is 16.0 Å². The number of aryl methyl sites for hydroxylation is 2. The van der Waals surface area contributed by atoms with Gasteiger partial charge in [-0.2, -0.15) is 0 Å². The lowest BCUT2D eigenvalue weighted by molar-refractivity contribution is 0.102. The number of carbonyl (C=O) groups is 1. The summed E-state index contributed by atoms with van der Waals surface area (Å²) in [4.78, 5) is 13.3. The Labute approximate surface area is 131 Å². The zero-order chi connectivity index (χ0) is 13.8. The van der Waals surface area contributed by atoms with Gasteiger partial charge in [-0.1, -0.05) is 29.8 Å². The number of hydrogen-bond donors (Lipinski definition) is 0. The Morgan fingerprint density at radius 2 is 1.79 bits per heavy atom. The van der Waals surface area contributed by atoms with Gasteiger partial charge in [0, 0.05) is 14.0 Å². The van der Waals surface area contributed by atoms with Crippen LogP contribution in [0.25, 0.3) is 0 Å². The van der Waals surface area contributed by atoms with Gasteiger partial charge in [0.25, 0.3) is 0 Å². The number of thioether (sulfide) groups is 1. The number of ketones is 1. The first-order valence-corrected chi connectivity index (χ1v) is 8.11. The molecular formula is C16H15IOS. The second kappa shape index (κ2) is 6.57. The third-order valence-electron chi connectivity index (χ3n) is 2.87. The Morgan fingerprint density at radius 3 is 2.47 bits per heavy atom. The van der Waals surface area contributed by atoms with Crippen molar-refractivity contribution in [3.05, 3.63) is 62.7 Å². The molecule has 19 heavy (non-hydrogen) atoms. The van der Waals surface area contributed by atoms with E-state index in [0.29, 0.717) is 5.75 Å². The molecule has 0 unspecified atom stereocenters. The van der Waals surface area contributed by atoms with Crippen LogP contribution in [-0.4, -0.2) is 11.5 Å². The van der Waals surface area contributed by atoms with Crippen LogP contribution >= 0.6 is 34.4 Å². The molecule has 2 aromatic rings. The second-order valence-corrected chi connectivity index (χ2v) is 6.75. The van der Waals surface area contributed by atoms with Crippen LogP contribution in [0.15, 0.2) is 47.4 Å². The van der Waals surface area contributed by atoms with Gasteiger partial charge in [0.1, 0.15) is 0 Å². The molecule has 3 heteroatoms. The Morgan fingerprint density at radius 1 is 1.11 bits per heavy atom. The summed E-state index contributed by atoms with van der Waals surface area (Å²) in [6, 6.07) is 14.1. The molecular weight excluding hydrogens is 367 g/mol. The Bertz CT molecular complexity index is 590. The van der Waals surface area contributed by atoms with Gasteiger partial charge in [-0.25, -0.2) is 0 Å². The topological polar surface area (TPSA) is 17.1 Å². The molecule has 0 radical (unpaired) electrons. The zero-order valence-corrected chi connectivity index (χ0v) is 13.9. The molecule has 2 rings (SSSR count). The van der Waals surface area contributed by atoms with Crippen molar-refractivity contribution in [3.63, 3.8) is 0 Å². The van der Waals surface area contributed by atoms with Crippen molar-refractivity contribution in [2.45, 2.75) is 18.7 Å². The molecule has 0 heterocycles. The first-order valence-electron chi connectivity index (χ1n) is 6.05. The van der Waals surface area contributed by atoms with Gasteiger partial charge in [-0.3, -0.25) is 4.79 Å². The molecule has 0 N–H and O–H groups in total.